The van der Waals surface area contributed by atoms with E-state index < -0.39 is 95.4 Å². The van der Waals surface area contributed by atoms with Crippen molar-refractivity contribution in [3.8, 4) is 11.1 Å². The molecule has 8 N–H and O–H groups in total. The number of hydroxylamine groups is 4. The fraction of sp³-hybridized carbons (Fsp3) is 0.392. The number of carbonyl (C=O) groups excluding carboxylic acids is 12. The number of aromatic nitrogens is 4. The zero-order valence-electron chi connectivity index (χ0n) is 62.5. The number of fused-ring (bicyclic) bond motifs is 4. The van der Waals surface area contributed by atoms with Crippen LogP contribution in [0.5, 0.6) is 0 Å². The molecule has 4 atom stereocenters. The molecule has 0 unspecified atom stereocenters. The first-order chi connectivity index (χ1) is 52.0. The van der Waals surface area contributed by atoms with Gasteiger partial charge >= 0.3 is 24.0 Å². The summed E-state index contributed by atoms with van der Waals surface area (Å²) in [6, 6.07) is 33.6. The summed E-state index contributed by atoms with van der Waals surface area (Å²) < 4.78 is 11.5. The normalized spacial score (nSPS) is 12.6. The SMILES string of the molecule is CC(=O)N(C)CCC[C@H](CC(=O)[C@H](CCCN(OC(=O)c1ccccc1)C(C)=O)NC(=O)[C@H](CCCN(OC(=O)c1ccccc1)C(C)=O)NC(=O)OCC1c2ccccc2-c2ccccc21)C(=O)CCCNC(=O)CC[C@H](NC(=O)c1ccc(N(C)Cc2cnc3nc(N)nc(N)c3n2)cc1)C(=O)OC(C)(C)C. The molecule has 30 heteroatoms. The number of hydrogen-bond acceptors (Lipinski definition) is 23. The molecular weight excluding hydrogens is 1400 g/mol. The van der Waals surface area contributed by atoms with E-state index in [1.807, 2.05) is 60.5 Å². The number of rotatable bonds is 36. The third-order valence-corrected chi connectivity index (χ3v) is 18.0. The van der Waals surface area contributed by atoms with Crippen molar-refractivity contribution in [1.29, 1.82) is 0 Å². The Morgan fingerprint density at radius 1 is 0.560 bits per heavy atom. The molecule has 30 nitrogen and oxygen atoms in total. The van der Waals surface area contributed by atoms with Crippen LogP contribution in [0.15, 0.2) is 140 Å². The number of ether oxygens (including phenoxy) is 2. The Balaban J connectivity index is 0.951. The van der Waals surface area contributed by atoms with Crippen LogP contribution in [0.2, 0.25) is 0 Å². The number of alkyl carbamates (subject to hydrolysis) is 1. The van der Waals surface area contributed by atoms with E-state index in [0.29, 0.717) is 23.4 Å². The zero-order chi connectivity index (χ0) is 78.9. The van der Waals surface area contributed by atoms with Gasteiger partial charge in [0, 0.05) is 90.3 Å². The highest BCUT2D eigenvalue weighted by Crippen LogP contribution is 2.44. The number of ketones is 2. The molecule has 1 aliphatic rings. The molecule has 2 heterocycles. The summed E-state index contributed by atoms with van der Waals surface area (Å²) in [6.45, 7) is 8.57. The average Bonchev–Trinajstić information content (AvgIpc) is 1.64. The standard InChI is InChI=1S/C79H94N14O16/c1-49(94)90(7)42-20-27-55(66(97)34-19-41-82-68(99)40-39-65(76(104)107-79(4,5)6)86-72(100)52-35-37-57(38-36-52)91(8)47-56-46-83-71-69(84-56)70(80)88-77(81)89-71)45-67(98)63(32-21-43-92(50(2)95)108-74(102)53-23-11-9-12-24-53)85-73(101)64(33-22-44-93(51(3)96)109-75(103)54-25-13-10-14-26-54)87-78(105)106-48-62-60-30-17-15-28-58(60)59-29-16-18-31-61(59)62/h9-18,23-26,28-31,35-38,46,55,62-65H,19-22,27,32-34,39-45,47-48H2,1-8H3,(H,82,99)(H,85,101)(H,86,100)(H,87,105)(H4,80,81,83,88,89)/t55-,63+,64+,65+/m1/s1. The van der Waals surface area contributed by atoms with Crippen LogP contribution in [-0.2, 0) is 64.0 Å². The number of anilines is 3. The lowest BCUT2D eigenvalue weighted by Crippen LogP contribution is -2.52. The van der Waals surface area contributed by atoms with Crippen molar-refractivity contribution in [1.82, 2.24) is 56.2 Å². The first kappa shape index (κ1) is 82.4. The third kappa shape index (κ3) is 24.7. The molecule has 0 saturated carbocycles. The number of nitrogens with zero attached hydrogens (tertiary/aromatic N) is 8. The largest absolute Gasteiger partial charge is 0.458 e. The lowest BCUT2D eigenvalue weighted by Gasteiger charge is -2.26. The minimum absolute atomic E-state index is 0.0223. The predicted octanol–water partition coefficient (Wildman–Crippen LogP) is 7.93. The van der Waals surface area contributed by atoms with Crippen LogP contribution < -0.4 is 37.6 Å². The molecule has 0 aliphatic heterocycles. The molecule has 1 aliphatic carbocycles. The Labute approximate surface area is 631 Å². The zero-order valence-corrected chi connectivity index (χ0v) is 62.5. The second-order valence-electron chi connectivity index (χ2n) is 27.5. The number of benzene rings is 5. The molecule has 0 spiro atoms. The number of Topliss-reactive ketones (excluding diaryl/α,β-unsaturated/α-hetero) is 2. The van der Waals surface area contributed by atoms with Crippen molar-refractivity contribution in [3.63, 3.8) is 0 Å². The molecule has 0 fully saturated rings. The summed E-state index contributed by atoms with van der Waals surface area (Å²) in [5, 5.41) is 12.6. The van der Waals surface area contributed by atoms with Crippen LogP contribution >= 0.6 is 0 Å². The Morgan fingerprint density at radius 3 is 1.69 bits per heavy atom. The first-order valence-electron chi connectivity index (χ1n) is 36.0. The lowest BCUT2D eigenvalue weighted by molar-refractivity contribution is -0.165. The Morgan fingerprint density at radius 2 is 1.12 bits per heavy atom. The van der Waals surface area contributed by atoms with Crippen LogP contribution in [0, 0.1) is 5.92 Å². The van der Waals surface area contributed by atoms with E-state index in [9.17, 15) is 52.7 Å². The van der Waals surface area contributed by atoms with Crippen molar-refractivity contribution >= 4 is 99.6 Å². The first-order valence-corrected chi connectivity index (χ1v) is 36.0. The summed E-state index contributed by atoms with van der Waals surface area (Å²) in [6.07, 6.45) is -0.573. The lowest BCUT2D eigenvalue weighted by atomic mass is 9.87. The van der Waals surface area contributed by atoms with E-state index in [4.69, 9.17) is 30.6 Å². The van der Waals surface area contributed by atoms with E-state index in [0.717, 1.165) is 32.4 Å². The van der Waals surface area contributed by atoms with Gasteiger partial charge in [0.2, 0.25) is 23.7 Å². The Kier molecular flexibility index (Phi) is 29.8. The molecule has 8 rings (SSSR count). The summed E-state index contributed by atoms with van der Waals surface area (Å²) >= 11 is 0. The number of nitrogen functional groups attached to an aromatic ring is 2. The van der Waals surface area contributed by atoms with E-state index in [-0.39, 0.29) is 149 Å². The Hall–Kier alpha value is -12.2. The number of nitrogens with two attached hydrogens (primary N) is 2. The maximum atomic E-state index is 15.1. The second kappa shape index (κ2) is 39.4. The van der Waals surface area contributed by atoms with Gasteiger partial charge in [-0.2, -0.15) is 20.1 Å². The van der Waals surface area contributed by atoms with Crippen molar-refractivity contribution in [2.75, 3.05) is 63.2 Å². The molecule has 7 amide bonds. The highest BCUT2D eigenvalue weighted by molar-refractivity contribution is 5.98. The maximum Gasteiger partial charge on any atom is 0.407 e. The van der Waals surface area contributed by atoms with Gasteiger partial charge in [-0.25, -0.2) is 29.1 Å². The minimum atomic E-state index is -1.48. The summed E-state index contributed by atoms with van der Waals surface area (Å²) in [5.41, 5.74) is 16.9. The Bertz CT molecular complexity index is 4360. The van der Waals surface area contributed by atoms with Gasteiger partial charge in [0.05, 0.1) is 48.7 Å². The van der Waals surface area contributed by atoms with Crippen LogP contribution in [-0.4, -0.2) is 177 Å². The number of esters is 1. The van der Waals surface area contributed by atoms with Crippen molar-refractivity contribution in [3.05, 3.63) is 173 Å². The van der Waals surface area contributed by atoms with E-state index in [1.54, 1.807) is 94.7 Å². The van der Waals surface area contributed by atoms with Crippen LogP contribution in [0.25, 0.3) is 22.3 Å². The molecular formula is C79H94N14O16. The minimum Gasteiger partial charge on any atom is -0.458 e. The molecule has 7 aromatic rings. The summed E-state index contributed by atoms with van der Waals surface area (Å²) in [4.78, 5) is 195. The topological polar surface area (TPSA) is 406 Å². The molecule has 0 bridgehead atoms. The average molecular weight is 1500 g/mol. The number of nitrogens with one attached hydrogen (secondary N) is 4. The van der Waals surface area contributed by atoms with Gasteiger partial charge in [0.25, 0.3) is 17.7 Å². The quantitative estimate of drug-likeness (QED) is 0.0123. The molecule has 0 radical (unpaired) electrons. The fourth-order valence-corrected chi connectivity index (χ4v) is 12.2. The molecule has 109 heavy (non-hydrogen) atoms. The van der Waals surface area contributed by atoms with Gasteiger partial charge < -0.3 is 61.7 Å². The van der Waals surface area contributed by atoms with Gasteiger partial charge in [0.1, 0.15) is 30.1 Å². The van der Waals surface area contributed by atoms with E-state index in [1.165, 1.54) is 49.9 Å². The van der Waals surface area contributed by atoms with E-state index >= 15 is 4.79 Å². The van der Waals surface area contributed by atoms with Crippen LogP contribution in [0.1, 0.15) is 166 Å². The molecule has 5 aromatic carbocycles. The van der Waals surface area contributed by atoms with Gasteiger partial charge in [-0.05, 0) is 143 Å². The van der Waals surface area contributed by atoms with Crippen molar-refractivity contribution in [2.24, 2.45) is 5.92 Å². The second-order valence-corrected chi connectivity index (χ2v) is 27.5. The number of hydrogen-bond donors (Lipinski definition) is 6. The third-order valence-electron chi connectivity index (χ3n) is 18.0. The number of amides is 7. The number of carbonyl (C=O) groups is 12. The monoisotopic (exact) mass is 1490 g/mol. The molecule has 576 valence electrons. The smallest absolute Gasteiger partial charge is 0.407 e. The van der Waals surface area contributed by atoms with Gasteiger partial charge in [-0.15, -0.1) is 0 Å². The van der Waals surface area contributed by atoms with Crippen LogP contribution in [0.4, 0.5) is 22.2 Å². The van der Waals surface area contributed by atoms with Gasteiger partial charge in [-0.1, -0.05) is 84.9 Å². The highest BCUT2D eigenvalue weighted by Gasteiger charge is 2.35. The summed E-state index contributed by atoms with van der Waals surface area (Å²) in [5.74, 6) is -8.34. The van der Waals surface area contributed by atoms with Gasteiger partial charge in [0.15, 0.2) is 22.8 Å². The fourth-order valence-electron chi connectivity index (χ4n) is 12.2. The van der Waals surface area contributed by atoms with Crippen LogP contribution in [0.3, 0.4) is 0 Å². The van der Waals surface area contributed by atoms with Crippen molar-refractivity contribution < 1.29 is 76.7 Å². The highest BCUT2D eigenvalue weighted by atomic mass is 16.7. The molecule has 0 saturated heterocycles. The predicted molar refractivity (Wildman–Crippen MR) is 403 cm³/mol. The maximum absolute atomic E-state index is 15.1. The summed E-state index contributed by atoms with van der Waals surface area (Å²) in [7, 11) is 3.40. The van der Waals surface area contributed by atoms with Gasteiger partial charge in [-0.3, -0.25) is 38.4 Å². The molecule has 2 aromatic heterocycles. The van der Waals surface area contributed by atoms with Crippen molar-refractivity contribution in [2.45, 2.75) is 148 Å². The van der Waals surface area contributed by atoms with E-state index in [2.05, 4.69) is 41.2 Å².